The predicted molar refractivity (Wildman–Crippen MR) is 59.8 cm³/mol. The number of hydrogen-bond acceptors (Lipinski definition) is 3. The third-order valence-corrected chi connectivity index (χ3v) is 4.31. The monoisotopic (exact) mass is 222 g/mol. The number of fused-ring (bicyclic) bond motifs is 3. The first kappa shape index (κ1) is 11.4. The minimum atomic E-state index is -0.386. The lowest BCUT2D eigenvalue weighted by Crippen LogP contribution is -2.43. The lowest BCUT2D eigenvalue weighted by Gasteiger charge is -2.46. The maximum absolute atomic E-state index is 11.7. The summed E-state index contributed by atoms with van der Waals surface area (Å²) < 4.78 is 5.32. The molecule has 2 heterocycles. The molecule has 0 radical (unpaired) electrons. The van der Waals surface area contributed by atoms with Crippen LogP contribution in [0, 0.1) is 10.8 Å². The summed E-state index contributed by atoms with van der Waals surface area (Å²) in [5, 5.41) is 0. The standard InChI is InChI=1S/C13H18O3/c1-8(14)10-5-9-6-12(2,3)13(10,4)7-11(15)16-9/h5,9H,6-7H2,1-4H3/t9-,13+/m1/s1. The molecular weight excluding hydrogens is 204 g/mol. The van der Waals surface area contributed by atoms with Gasteiger partial charge < -0.3 is 4.74 Å². The van der Waals surface area contributed by atoms with Crippen LogP contribution in [0.2, 0.25) is 0 Å². The fourth-order valence-electron chi connectivity index (χ4n) is 2.94. The van der Waals surface area contributed by atoms with Gasteiger partial charge in [0.2, 0.25) is 0 Å². The van der Waals surface area contributed by atoms with E-state index in [1.54, 1.807) is 6.92 Å². The maximum Gasteiger partial charge on any atom is 0.307 e. The Labute approximate surface area is 95.9 Å². The van der Waals surface area contributed by atoms with Crippen LogP contribution < -0.4 is 0 Å². The predicted octanol–water partition coefficient (Wildman–Crippen LogP) is 2.25. The van der Waals surface area contributed by atoms with E-state index in [0.29, 0.717) is 6.42 Å². The van der Waals surface area contributed by atoms with Crippen LogP contribution in [-0.2, 0) is 14.3 Å². The van der Waals surface area contributed by atoms with Gasteiger partial charge in [-0.2, -0.15) is 0 Å². The fourth-order valence-corrected chi connectivity index (χ4v) is 2.94. The van der Waals surface area contributed by atoms with Crippen LogP contribution in [0.15, 0.2) is 11.6 Å². The van der Waals surface area contributed by atoms with Crippen molar-refractivity contribution >= 4 is 11.8 Å². The number of allylic oxidation sites excluding steroid dienone is 1. The lowest BCUT2D eigenvalue weighted by atomic mass is 9.56. The Bertz CT molecular complexity index is 392. The van der Waals surface area contributed by atoms with E-state index in [0.717, 1.165) is 12.0 Å². The molecule has 16 heavy (non-hydrogen) atoms. The second kappa shape index (κ2) is 3.19. The van der Waals surface area contributed by atoms with Crippen molar-refractivity contribution in [2.24, 2.45) is 10.8 Å². The van der Waals surface area contributed by atoms with E-state index in [2.05, 4.69) is 13.8 Å². The van der Waals surface area contributed by atoms with Crippen molar-refractivity contribution < 1.29 is 14.3 Å². The summed E-state index contributed by atoms with van der Waals surface area (Å²) in [7, 11) is 0. The molecule has 0 aromatic carbocycles. The topological polar surface area (TPSA) is 43.4 Å². The molecule has 0 spiro atoms. The molecule has 0 saturated carbocycles. The van der Waals surface area contributed by atoms with E-state index in [-0.39, 0.29) is 28.7 Å². The molecule has 2 aliphatic heterocycles. The van der Waals surface area contributed by atoms with E-state index in [9.17, 15) is 9.59 Å². The number of rotatable bonds is 1. The zero-order chi connectivity index (χ0) is 12.1. The second-order valence-electron chi connectivity index (χ2n) is 5.76. The summed E-state index contributed by atoms with van der Waals surface area (Å²) in [5.41, 5.74) is 0.294. The van der Waals surface area contributed by atoms with Gasteiger partial charge in [-0.3, -0.25) is 9.59 Å². The van der Waals surface area contributed by atoms with E-state index in [4.69, 9.17) is 4.74 Å². The first-order valence-corrected chi connectivity index (χ1v) is 5.69. The molecule has 0 aromatic heterocycles. The highest BCUT2D eigenvalue weighted by molar-refractivity contribution is 5.96. The molecule has 0 amide bonds. The van der Waals surface area contributed by atoms with E-state index < -0.39 is 0 Å². The Kier molecular flexibility index (Phi) is 2.26. The van der Waals surface area contributed by atoms with Crippen molar-refractivity contribution in [3.8, 4) is 0 Å². The molecule has 1 fully saturated rings. The Morgan fingerprint density at radius 3 is 2.62 bits per heavy atom. The molecule has 3 rings (SSSR count). The minimum absolute atomic E-state index is 0.0542. The number of ketones is 1. The maximum atomic E-state index is 11.7. The van der Waals surface area contributed by atoms with Crippen molar-refractivity contribution in [2.45, 2.75) is 46.6 Å². The van der Waals surface area contributed by atoms with Gasteiger partial charge in [0.05, 0.1) is 6.42 Å². The molecule has 2 bridgehead atoms. The van der Waals surface area contributed by atoms with Crippen molar-refractivity contribution in [1.29, 1.82) is 0 Å². The highest BCUT2D eigenvalue weighted by Gasteiger charge is 2.53. The smallest absolute Gasteiger partial charge is 0.307 e. The van der Waals surface area contributed by atoms with Gasteiger partial charge in [0, 0.05) is 11.0 Å². The van der Waals surface area contributed by atoms with Crippen LogP contribution >= 0.6 is 0 Å². The molecule has 3 nitrogen and oxygen atoms in total. The van der Waals surface area contributed by atoms with Crippen LogP contribution in [0.3, 0.4) is 0 Å². The molecule has 3 heteroatoms. The third kappa shape index (κ3) is 1.41. The summed E-state index contributed by atoms with van der Waals surface area (Å²) in [6.45, 7) is 7.79. The molecule has 1 saturated heterocycles. The van der Waals surface area contributed by atoms with Gasteiger partial charge in [-0.15, -0.1) is 0 Å². The normalized spacial score (nSPS) is 36.4. The summed E-state index contributed by atoms with van der Waals surface area (Å²) >= 11 is 0. The van der Waals surface area contributed by atoms with Gasteiger partial charge >= 0.3 is 5.97 Å². The molecule has 2 atom stereocenters. The minimum Gasteiger partial charge on any atom is -0.458 e. The van der Waals surface area contributed by atoms with Gasteiger partial charge in [-0.25, -0.2) is 0 Å². The fraction of sp³-hybridized carbons (Fsp3) is 0.692. The van der Waals surface area contributed by atoms with E-state index in [1.807, 2.05) is 13.0 Å². The zero-order valence-corrected chi connectivity index (χ0v) is 10.3. The number of Topliss-reactive ketones (excluding diaryl/α,β-unsaturated/α-hetero) is 1. The molecule has 0 N–H and O–H groups in total. The number of carbonyl (C=O) groups excluding carboxylic acids is 2. The van der Waals surface area contributed by atoms with Gasteiger partial charge in [0.25, 0.3) is 0 Å². The Balaban J connectivity index is 2.58. The van der Waals surface area contributed by atoms with Crippen LogP contribution in [0.5, 0.6) is 0 Å². The molecule has 0 aromatic rings. The Hall–Kier alpha value is -1.12. The quantitative estimate of drug-likeness (QED) is 0.639. The highest BCUT2D eigenvalue weighted by Crippen LogP contribution is 2.55. The molecule has 3 aliphatic rings. The first-order valence-electron chi connectivity index (χ1n) is 5.69. The van der Waals surface area contributed by atoms with Crippen molar-refractivity contribution in [3.63, 3.8) is 0 Å². The molecule has 0 unspecified atom stereocenters. The first-order chi connectivity index (χ1) is 7.26. The average Bonchev–Trinajstić information content (AvgIpc) is 2.25. The van der Waals surface area contributed by atoms with E-state index in [1.165, 1.54) is 0 Å². The SMILES string of the molecule is CC(=O)C1=C[C@@H]2CC(C)(C)[C@@]1(C)CC(=O)O2. The van der Waals surface area contributed by atoms with Gasteiger partial charge in [0.1, 0.15) is 6.10 Å². The van der Waals surface area contributed by atoms with Gasteiger partial charge in [-0.1, -0.05) is 20.8 Å². The van der Waals surface area contributed by atoms with Crippen molar-refractivity contribution in [2.75, 3.05) is 0 Å². The zero-order valence-electron chi connectivity index (χ0n) is 10.3. The summed E-state index contributed by atoms with van der Waals surface area (Å²) in [6.07, 6.45) is 2.73. The molecular formula is C13H18O3. The second-order valence-corrected chi connectivity index (χ2v) is 5.76. The Morgan fingerprint density at radius 1 is 1.44 bits per heavy atom. The average molecular weight is 222 g/mol. The molecule has 1 aliphatic carbocycles. The van der Waals surface area contributed by atoms with Crippen LogP contribution in [0.25, 0.3) is 0 Å². The summed E-state index contributed by atoms with van der Waals surface area (Å²) in [4.78, 5) is 23.3. The van der Waals surface area contributed by atoms with Crippen LogP contribution in [-0.4, -0.2) is 17.9 Å². The third-order valence-electron chi connectivity index (χ3n) is 4.31. The van der Waals surface area contributed by atoms with Crippen molar-refractivity contribution in [1.82, 2.24) is 0 Å². The summed E-state index contributed by atoms with van der Waals surface area (Å²) in [5.74, 6) is -0.135. The van der Waals surface area contributed by atoms with Gasteiger partial charge in [-0.05, 0) is 24.8 Å². The van der Waals surface area contributed by atoms with Crippen LogP contribution in [0.1, 0.15) is 40.5 Å². The van der Waals surface area contributed by atoms with Gasteiger partial charge in [0.15, 0.2) is 5.78 Å². The Morgan fingerprint density at radius 2 is 2.06 bits per heavy atom. The number of carbonyl (C=O) groups is 2. The van der Waals surface area contributed by atoms with E-state index >= 15 is 0 Å². The van der Waals surface area contributed by atoms with Crippen LogP contribution in [0.4, 0.5) is 0 Å². The molecule has 88 valence electrons. The number of hydrogen-bond donors (Lipinski definition) is 0. The lowest BCUT2D eigenvalue weighted by molar-refractivity contribution is -0.146. The number of esters is 1. The number of ether oxygens (including phenoxy) is 1. The highest BCUT2D eigenvalue weighted by atomic mass is 16.5. The summed E-state index contributed by atoms with van der Waals surface area (Å²) in [6, 6.07) is 0. The largest absolute Gasteiger partial charge is 0.458 e. The van der Waals surface area contributed by atoms with Crippen molar-refractivity contribution in [3.05, 3.63) is 11.6 Å².